The topological polar surface area (TPSA) is 60.5 Å². The monoisotopic (exact) mass is 342 g/mol. The number of aromatic nitrogens is 1. The molecule has 1 unspecified atom stereocenters. The molecule has 0 bridgehead atoms. The SMILES string of the molecule is CCCCOc1ccc(NC(=O)C(C)(OC)C2CC2)c2cccnc12. The van der Waals surface area contributed by atoms with E-state index < -0.39 is 5.60 Å². The van der Waals surface area contributed by atoms with Crippen LogP contribution in [0.2, 0.25) is 0 Å². The number of carbonyl (C=O) groups excluding carboxylic acids is 1. The van der Waals surface area contributed by atoms with E-state index in [-0.39, 0.29) is 5.91 Å². The first-order valence-corrected chi connectivity index (χ1v) is 8.97. The van der Waals surface area contributed by atoms with E-state index in [9.17, 15) is 4.79 Å². The molecule has 1 amide bonds. The van der Waals surface area contributed by atoms with Gasteiger partial charge in [0.15, 0.2) is 0 Å². The maximum atomic E-state index is 12.8. The number of amides is 1. The van der Waals surface area contributed by atoms with Crippen LogP contribution in [-0.4, -0.2) is 30.2 Å². The van der Waals surface area contributed by atoms with Crippen molar-refractivity contribution in [3.63, 3.8) is 0 Å². The zero-order valence-electron chi connectivity index (χ0n) is 15.2. The van der Waals surface area contributed by atoms with E-state index >= 15 is 0 Å². The Bertz CT molecular complexity index is 758. The fourth-order valence-corrected chi connectivity index (χ4v) is 3.02. The smallest absolute Gasteiger partial charge is 0.256 e. The molecule has 1 aliphatic carbocycles. The van der Waals surface area contributed by atoms with Gasteiger partial charge in [-0.15, -0.1) is 0 Å². The number of pyridine rings is 1. The summed E-state index contributed by atoms with van der Waals surface area (Å²) in [6.45, 7) is 4.66. The average molecular weight is 342 g/mol. The summed E-state index contributed by atoms with van der Waals surface area (Å²) in [4.78, 5) is 17.2. The molecule has 0 saturated heterocycles. The van der Waals surface area contributed by atoms with E-state index in [0.717, 1.165) is 48.0 Å². The van der Waals surface area contributed by atoms with Crippen LogP contribution in [0, 0.1) is 5.92 Å². The van der Waals surface area contributed by atoms with Crippen LogP contribution in [0.15, 0.2) is 30.5 Å². The maximum absolute atomic E-state index is 12.8. The molecule has 1 aromatic carbocycles. The molecule has 1 fully saturated rings. The first-order chi connectivity index (χ1) is 12.1. The summed E-state index contributed by atoms with van der Waals surface area (Å²) >= 11 is 0. The largest absolute Gasteiger partial charge is 0.491 e. The highest BCUT2D eigenvalue weighted by Crippen LogP contribution is 2.42. The molecular formula is C20H26N2O3. The van der Waals surface area contributed by atoms with Gasteiger partial charge in [-0.25, -0.2) is 0 Å². The Morgan fingerprint density at radius 2 is 2.16 bits per heavy atom. The lowest BCUT2D eigenvalue weighted by Gasteiger charge is -2.27. The van der Waals surface area contributed by atoms with Gasteiger partial charge in [-0.2, -0.15) is 0 Å². The number of unbranched alkanes of at least 4 members (excludes halogenated alkanes) is 1. The molecule has 0 spiro atoms. The number of rotatable bonds is 8. The Kier molecular flexibility index (Phi) is 5.23. The van der Waals surface area contributed by atoms with Crippen molar-refractivity contribution in [1.29, 1.82) is 0 Å². The van der Waals surface area contributed by atoms with Gasteiger partial charge in [0.2, 0.25) is 0 Å². The third kappa shape index (κ3) is 3.61. The molecular weight excluding hydrogens is 316 g/mol. The Balaban J connectivity index is 1.87. The number of hydrogen-bond acceptors (Lipinski definition) is 4. The van der Waals surface area contributed by atoms with Crippen LogP contribution in [0.1, 0.15) is 39.5 Å². The highest BCUT2D eigenvalue weighted by molar-refractivity contribution is 6.05. The molecule has 5 nitrogen and oxygen atoms in total. The average Bonchev–Trinajstić information content (AvgIpc) is 3.48. The number of nitrogens with zero attached hydrogens (tertiary/aromatic N) is 1. The van der Waals surface area contributed by atoms with E-state index in [1.807, 2.05) is 31.2 Å². The Hall–Kier alpha value is -2.14. The summed E-state index contributed by atoms with van der Waals surface area (Å²) in [6.07, 6.45) is 5.88. The molecule has 3 rings (SSSR count). The molecule has 1 heterocycles. The lowest BCUT2D eigenvalue weighted by Crippen LogP contribution is -2.44. The van der Waals surface area contributed by atoms with Crippen LogP contribution in [0.5, 0.6) is 5.75 Å². The number of carbonyl (C=O) groups is 1. The number of anilines is 1. The normalized spacial score (nSPS) is 16.4. The van der Waals surface area contributed by atoms with Crippen LogP contribution in [-0.2, 0) is 9.53 Å². The summed E-state index contributed by atoms with van der Waals surface area (Å²) in [5.74, 6) is 0.930. The van der Waals surface area contributed by atoms with E-state index in [1.165, 1.54) is 0 Å². The van der Waals surface area contributed by atoms with Crippen molar-refractivity contribution in [3.8, 4) is 5.75 Å². The van der Waals surface area contributed by atoms with Crippen molar-refractivity contribution >= 4 is 22.5 Å². The minimum absolute atomic E-state index is 0.109. The zero-order valence-corrected chi connectivity index (χ0v) is 15.2. The van der Waals surface area contributed by atoms with Crippen LogP contribution in [0.3, 0.4) is 0 Å². The van der Waals surface area contributed by atoms with Gasteiger partial charge in [0, 0.05) is 18.7 Å². The molecule has 25 heavy (non-hydrogen) atoms. The summed E-state index contributed by atoms with van der Waals surface area (Å²) in [6, 6.07) is 7.57. The third-order valence-corrected chi connectivity index (χ3v) is 4.97. The molecule has 134 valence electrons. The van der Waals surface area contributed by atoms with Crippen LogP contribution < -0.4 is 10.1 Å². The predicted molar refractivity (Wildman–Crippen MR) is 98.9 cm³/mol. The lowest BCUT2D eigenvalue weighted by molar-refractivity contribution is -0.138. The third-order valence-electron chi connectivity index (χ3n) is 4.97. The summed E-state index contributed by atoms with van der Waals surface area (Å²) in [7, 11) is 1.60. The quantitative estimate of drug-likeness (QED) is 0.732. The molecule has 1 N–H and O–H groups in total. The minimum atomic E-state index is -0.787. The Morgan fingerprint density at radius 3 is 2.84 bits per heavy atom. The first kappa shape index (κ1) is 17.7. The zero-order chi connectivity index (χ0) is 17.9. The minimum Gasteiger partial charge on any atom is -0.491 e. The Labute approximate surface area is 148 Å². The molecule has 0 aliphatic heterocycles. The van der Waals surface area contributed by atoms with Crippen molar-refractivity contribution in [2.24, 2.45) is 5.92 Å². The van der Waals surface area contributed by atoms with E-state index in [1.54, 1.807) is 13.3 Å². The fourth-order valence-electron chi connectivity index (χ4n) is 3.02. The van der Waals surface area contributed by atoms with E-state index in [0.29, 0.717) is 12.5 Å². The number of benzene rings is 1. The molecule has 0 radical (unpaired) electrons. The fraction of sp³-hybridized carbons (Fsp3) is 0.500. The predicted octanol–water partition coefficient (Wildman–Crippen LogP) is 4.17. The maximum Gasteiger partial charge on any atom is 0.256 e. The molecule has 1 saturated carbocycles. The second-order valence-corrected chi connectivity index (χ2v) is 6.75. The molecule has 1 aliphatic rings. The summed E-state index contributed by atoms with van der Waals surface area (Å²) < 4.78 is 11.4. The number of hydrogen-bond donors (Lipinski definition) is 1. The van der Waals surface area contributed by atoms with E-state index in [2.05, 4.69) is 17.2 Å². The van der Waals surface area contributed by atoms with Crippen molar-refractivity contribution < 1.29 is 14.3 Å². The van der Waals surface area contributed by atoms with Gasteiger partial charge in [0.1, 0.15) is 16.9 Å². The van der Waals surface area contributed by atoms with Gasteiger partial charge in [0.05, 0.1) is 12.3 Å². The summed E-state index contributed by atoms with van der Waals surface area (Å²) in [5.41, 5.74) is 0.715. The van der Waals surface area contributed by atoms with Crippen molar-refractivity contribution in [1.82, 2.24) is 4.98 Å². The van der Waals surface area contributed by atoms with Gasteiger partial charge in [0.25, 0.3) is 5.91 Å². The first-order valence-electron chi connectivity index (χ1n) is 8.97. The molecule has 5 heteroatoms. The van der Waals surface area contributed by atoms with Crippen molar-refractivity contribution in [3.05, 3.63) is 30.5 Å². The van der Waals surface area contributed by atoms with Gasteiger partial charge in [-0.1, -0.05) is 13.3 Å². The second-order valence-electron chi connectivity index (χ2n) is 6.75. The van der Waals surface area contributed by atoms with Gasteiger partial charge in [-0.3, -0.25) is 9.78 Å². The molecule has 1 atom stereocenters. The number of nitrogens with one attached hydrogen (secondary N) is 1. The van der Waals surface area contributed by atoms with Gasteiger partial charge < -0.3 is 14.8 Å². The van der Waals surface area contributed by atoms with Crippen LogP contribution in [0.4, 0.5) is 5.69 Å². The van der Waals surface area contributed by atoms with Crippen molar-refractivity contribution in [2.45, 2.75) is 45.1 Å². The summed E-state index contributed by atoms with van der Waals surface area (Å²) in [5, 5.41) is 3.91. The highest BCUT2D eigenvalue weighted by Gasteiger charge is 2.47. The standard InChI is InChI=1S/C20H26N2O3/c1-4-5-13-25-17-11-10-16(15-7-6-12-21-18(15)17)22-19(23)20(2,24-3)14-8-9-14/h6-7,10-12,14H,4-5,8-9,13H2,1-3H3,(H,22,23). The van der Waals surface area contributed by atoms with Crippen LogP contribution >= 0.6 is 0 Å². The number of methoxy groups -OCH3 is 1. The van der Waals surface area contributed by atoms with Crippen molar-refractivity contribution in [2.75, 3.05) is 19.0 Å². The molecule has 1 aromatic heterocycles. The van der Waals surface area contributed by atoms with Crippen LogP contribution in [0.25, 0.3) is 10.9 Å². The van der Waals surface area contributed by atoms with E-state index in [4.69, 9.17) is 9.47 Å². The highest BCUT2D eigenvalue weighted by atomic mass is 16.5. The Morgan fingerprint density at radius 1 is 1.36 bits per heavy atom. The second kappa shape index (κ2) is 7.40. The van der Waals surface area contributed by atoms with Gasteiger partial charge >= 0.3 is 0 Å². The number of ether oxygens (including phenoxy) is 2. The number of fused-ring (bicyclic) bond motifs is 1. The molecule has 2 aromatic rings. The van der Waals surface area contributed by atoms with Gasteiger partial charge in [-0.05, 0) is 56.4 Å². The lowest BCUT2D eigenvalue weighted by atomic mass is 9.98.